The Morgan fingerprint density at radius 2 is 1.59 bits per heavy atom. The molecule has 2 aromatic rings. The predicted molar refractivity (Wildman–Crippen MR) is 72.2 cm³/mol. The molecule has 0 unspecified atom stereocenters. The van der Waals surface area contributed by atoms with E-state index in [0.29, 0.717) is 4.90 Å². The molecule has 0 saturated carbocycles. The lowest BCUT2D eigenvalue weighted by Gasteiger charge is -2.04. The smallest absolute Gasteiger partial charge is 0.175 e. The molecule has 0 saturated heterocycles. The standard InChI is InChI=1S/C13H12O2S2/c1-17(14,15)13-4-2-3-11(9-13)10-5-7-12(16)8-6-10/h2-9,16H,1H3. The van der Waals surface area contributed by atoms with Gasteiger partial charge in [0, 0.05) is 11.2 Å². The van der Waals surface area contributed by atoms with E-state index in [2.05, 4.69) is 12.6 Å². The molecular weight excluding hydrogens is 252 g/mol. The maximum atomic E-state index is 11.5. The van der Waals surface area contributed by atoms with Crippen molar-refractivity contribution in [3.05, 3.63) is 48.5 Å². The van der Waals surface area contributed by atoms with Crippen LogP contribution < -0.4 is 0 Å². The first-order valence-corrected chi connectivity index (χ1v) is 7.40. The first-order chi connectivity index (χ1) is 7.97. The molecule has 2 aromatic carbocycles. The van der Waals surface area contributed by atoms with Crippen LogP contribution in [0.2, 0.25) is 0 Å². The van der Waals surface area contributed by atoms with Crippen LogP contribution in [0, 0.1) is 0 Å². The van der Waals surface area contributed by atoms with Gasteiger partial charge in [0.05, 0.1) is 4.90 Å². The quantitative estimate of drug-likeness (QED) is 0.846. The molecule has 0 aliphatic carbocycles. The van der Waals surface area contributed by atoms with Crippen molar-refractivity contribution in [2.75, 3.05) is 6.26 Å². The van der Waals surface area contributed by atoms with Crippen molar-refractivity contribution < 1.29 is 8.42 Å². The van der Waals surface area contributed by atoms with Gasteiger partial charge in [-0.15, -0.1) is 12.6 Å². The molecule has 2 rings (SSSR count). The van der Waals surface area contributed by atoms with Crippen LogP contribution >= 0.6 is 12.6 Å². The van der Waals surface area contributed by atoms with E-state index in [1.165, 1.54) is 6.26 Å². The summed E-state index contributed by atoms with van der Waals surface area (Å²) in [4.78, 5) is 1.22. The van der Waals surface area contributed by atoms with Gasteiger partial charge in [-0.2, -0.15) is 0 Å². The Hall–Kier alpha value is -1.26. The Labute approximate surface area is 107 Å². The van der Waals surface area contributed by atoms with Crippen molar-refractivity contribution >= 4 is 22.5 Å². The van der Waals surface area contributed by atoms with Crippen LogP contribution in [-0.4, -0.2) is 14.7 Å². The zero-order chi connectivity index (χ0) is 12.5. The summed E-state index contributed by atoms with van der Waals surface area (Å²) in [6, 6.07) is 14.5. The summed E-state index contributed by atoms with van der Waals surface area (Å²) in [6.45, 7) is 0. The third-order valence-corrected chi connectivity index (χ3v) is 3.87. The van der Waals surface area contributed by atoms with Gasteiger partial charge in [0.2, 0.25) is 0 Å². The molecule has 0 heterocycles. The fraction of sp³-hybridized carbons (Fsp3) is 0.0769. The third kappa shape index (κ3) is 2.90. The SMILES string of the molecule is CS(=O)(=O)c1cccc(-c2ccc(S)cc2)c1. The lowest BCUT2D eigenvalue weighted by molar-refractivity contribution is 0.602. The second-order valence-corrected chi connectivity index (χ2v) is 6.38. The topological polar surface area (TPSA) is 34.1 Å². The van der Waals surface area contributed by atoms with E-state index in [9.17, 15) is 8.42 Å². The maximum Gasteiger partial charge on any atom is 0.175 e. The normalized spacial score (nSPS) is 11.4. The number of hydrogen-bond acceptors (Lipinski definition) is 3. The molecular formula is C13H12O2S2. The molecule has 0 aliphatic heterocycles. The van der Waals surface area contributed by atoms with E-state index in [4.69, 9.17) is 0 Å². The highest BCUT2D eigenvalue weighted by atomic mass is 32.2. The van der Waals surface area contributed by atoms with Gasteiger partial charge in [0.1, 0.15) is 0 Å². The van der Waals surface area contributed by atoms with Gasteiger partial charge in [-0.25, -0.2) is 8.42 Å². The molecule has 0 aromatic heterocycles. The largest absolute Gasteiger partial charge is 0.224 e. The monoisotopic (exact) mass is 264 g/mol. The van der Waals surface area contributed by atoms with Crippen LogP contribution in [0.25, 0.3) is 11.1 Å². The van der Waals surface area contributed by atoms with Crippen molar-refractivity contribution in [2.24, 2.45) is 0 Å². The Bertz CT molecular complexity index is 629. The number of thiol groups is 1. The lowest BCUT2D eigenvalue weighted by Crippen LogP contribution is -1.96. The van der Waals surface area contributed by atoms with E-state index in [1.807, 2.05) is 30.3 Å². The molecule has 0 bridgehead atoms. The lowest BCUT2D eigenvalue weighted by atomic mass is 10.1. The van der Waals surface area contributed by atoms with Crippen molar-refractivity contribution in [2.45, 2.75) is 9.79 Å². The van der Waals surface area contributed by atoms with Crippen molar-refractivity contribution in [1.82, 2.24) is 0 Å². The van der Waals surface area contributed by atoms with Crippen molar-refractivity contribution in [1.29, 1.82) is 0 Å². The molecule has 0 atom stereocenters. The fourth-order valence-electron chi connectivity index (χ4n) is 1.56. The van der Waals surface area contributed by atoms with Gasteiger partial charge in [0.15, 0.2) is 9.84 Å². The van der Waals surface area contributed by atoms with Crippen molar-refractivity contribution in [3.8, 4) is 11.1 Å². The predicted octanol–water partition coefficient (Wildman–Crippen LogP) is 3.05. The van der Waals surface area contributed by atoms with Gasteiger partial charge in [0.25, 0.3) is 0 Å². The van der Waals surface area contributed by atoms with Crippen LogP contribution in [0.5, 0.6) is 0 Å². The summed E-state index contributed by atoms with van der Waals surface area (Å²) in [5.41, 5.74) is 1.87. The fourth-order valence-corrected chi connectivity index (χ4v) is 2.38. The summed E-state index contributed by atoms with van der Waals surface area (Å²) in [6.07, 6.45) is 1.21. The molecule has 0 aliphatic rings. The number of hydrogen-bond donors (Lipinski definition) is 1. The van der Waals surface area contributed by atoms with Crippen molar-refractivity contribution in [3.63, 3.8) is 0 Å². The molecule has 0 N–H and O–H groups in total. The summed E-state index contributed by atoms with van der Waals surface area (Å²) in [5.74, 6) is 0. The van der Waals surface area contributed by atoms with Gasteiger partial charge >= 0.3 is 0 Å². The third-order valence-electron chi connectivity index (χ3n) is 2.46. The minimum atomic E-state index is -3.16. The van der Waals surface area contributed by atoms with E-state index < -0.39 is 9.84 Å². The zero-order valence-electron chi connectivity index (χ0n) is 9.29. The molecule has 0 spiro atoms. The second-order valence-electron chi connectivity index (χ2n) is 3.85. The summed E-state index contributed by atoms with van der Waals surface area (Å²) < 4.78 is 22.9. The Morgan fingerprint density at radius 1 is 0.941 bits per heavy atom. The molecule has 88 valence electrons. The first kappa shape index (κ1) is 12.2. The first-order valence-electron chi connectivity index (χ1n) is 5.06. The highest BCUT2D eigenvalue weighted by Gasteiger charge is 2.07. The number of rotatable bonds is 2. The summed E-state index contributed by atoms with van der Waals surface area (Å²) >= 11 is 4.21. The van der Waals surface area contributed by atoms with E-state index in [-0.39, 0.29) is 0 Å². The zero-order valence-corrected chi connectivity index (χ0v) is 11.0. The van der Waals surface area contributed by atoms with Crippen LogP contribution in [0.1, 0.15) is 0 Å². The van der Waals surface area contributed by atoms with Crippen LogP contribution in [0.3, 0.4) is 0 Å². The highest BCUT2D eigenvalue weighted by Crippen LogP contribution is 2.23. The molecule has 2 nitrogen and oxygen atoms in total. The van der Waals surface area contributed by atoms with E-state index >= 15 is 0 Å². The molecule has 0 amide bonds. The van der Waals surface area contributed by atoms with Gasteiger partial charge in [-0.1, -0.05) is 24.3 Å². The minimum Gasteiger partial charge on any atom is -0.224 e. The van der Waals surface area contributed by atoms with E-state index in [1.54, 1.807) is 18.2 Å². The number of sulfone groups is 1. The van der Waals surface area contributed by atoms with Gasteiger partial charge in [-0.3, -0.25) is 0 Å². The molecule has 0 radical (unpaired) electrons. The molecule has 4 heteroatoms. The second kappa shape index (κ2) is 4.55. The van der Waals surface area contributed by atoms with Crippen LogP contribution in [0.15, 0.2) is 58.3 Å². The highest BCUT2D eigenvalue weighted by molar-refractivity contribution is 7.90. The number of benzene rings is 2. The van der Waals surface area contributed by atoms with Crippen LogP contribution in [0.4, 0.5) is 0 Å². The van der Waals surface area contributed by atoms with E-state index in [0.717, 1.165) is 16.0 Å². The van der Waals surface area contributed by atoms with Gasteiger partial charge in [-0.05, 0) is 35.4 Å². The summed E-state index contributed by atoms with van der Waals surface area (Å²) in [7, 11) is -3.16. The summed E-state index contributed by atoms with van der Waals surface area (Å²) in [5, 5.41) is 0. The van der Waals surface area contributed by atoms with Crippen LogP contribution in [-0.2, 0) is 9.84 Å². The minimum absolute atomic E-state index is 0.338. The maximum absolute atomic E-state index is 11.5. The Kier molecular flexibility index (Phi) is 3.26. The Morgan fingerprint density at radius 3 is 2.18 bits per heavy atom. The average Bonchev–Trinajstić information content (AvgIpc) is 2.29. The molecule has 17 heavy (non-hydrogen) atoms. The molecule has 0 fully saturated rings. The Balaban J connectivity index is 2.50. The average molecular weight is 264 g/mol. The van der Waals surface area contributed by atoms with Gasteiger partial charge < -0.3 is 0 Å².